The van der Waals surface area contributed by atoms with Crippen LogP contribution in [0.4, 0.5) is 0 Å². The average molecular weight is 491 g/mol. The maximum absolute atomic E-state index is 11.7. The molecule has 198 valence electrons. The van der Waals surface area contributed by atoms with Crippen LogP contribution in [0.2, 0.25) is 0 Å². The number of ether oxygens (including phenoxy) is 5. The van der Waals surface area contributed by atoms with Gasteiger partial charge in [-0.15, -0.1) is 0 Å². The maximum Gasteiger partial charge on any atom is 0.330 e. The minimum atomic E-state index is -0.230. The smallest absolute Gasteiger partial charge is 0.330 e. The molecule has 0 aromatic rings. The summed E-state index contributed by atoms with van der Waals surface area (Å²) in [5, 5.41) is 0. The Morgan fingerprint density at radius 1 is 0.971 bits per heavy atom. The first kappa shape index (κ1) is 26.8. The lowest BCUT2D eigenvalue weighted by molar-refractivity contribution is -0.193. The molecule has 0 radical (unpaired) electrons. The Morgan fingerprint density at radius 2 is 1.74 bits per heavy atom. The van der Waals surface area contributed by atoms with Gasteiger partial charge in [-0.05, 0) is 88.9 Å². The van der Waals surface area contributed by atoms with Crippen molar-refractivity contribution in [3.05, 3.63) is 23.8 Å². The highest BCUT2D eigenvalue weighted by Gasteiger charge is 2.47. The Labute approximate surface area is 211 Å². The van der Waals surface area contributed by atoms with Crippen LogP contribution in [0, 0.1) is 17.8 Å². The van der Waals surface area contributed by atoms with Crippen molar-refractivity contribution >= 4 is 5.97 Å². The van der Waals surface area contributed by atoms with Crippen LogP contribution in [0.1, 0.15) is 89.9 Å². The molecule has 2 unspecified atom stereocenters. The number of carbonyl (C=O) groups is 1. The standard InChI is InChI=1S/C29H46O6/c1-31-27(30)20-22-18-23-21-26(35-29-14-8-11-17-34-29)24(25(23)19-22)12-6-4-2-3-5-9-15-32-28-13-7-10-16-33-28/h6,12,20,23-26,28-29H,2-5,7-11,13-19,21H2,1H3/t23-,24-,25-,26-,28?,29?/m1/s1. The molecule has 2 aliphatic heterocycles. The molecule has 4 aliphatic rings. The van der Waals surface area contributed by atoms with Crippen molar-refractivity contribution in [2.75, 3.05) is 26.9 Å². The highest BCUT2D eigenvalue weighted by Crippen LogP contribution is 2.51. The van der Waals surface area contributed by atoms with Gasteiger partial charge in [-0.2, -0.15) is 0 Å². The Morgan fingerprint density at radius 3 is 2.49 bits per heavy atom. The highest BCUT2D eigenvalue weighted by atomic mass is 16.7. The quantitative estimate of drug-likeness (QED) is 0.143. The van der Waals surface area contributed by atoms with E-state index in [9.17, 15) is 4.79 Å². The molecule has 4 fully saturated rings. The summed E-state index contributed by atoms with van der Waals surface area (Å²) in [4.78, 5) is 11.7. The third-order valence-electron chi connectivity index (χ3n) is 8.14. The summed E-state index contributed by atoms with van der Waals surface area (Å²) in [6.07, 6.45) is 22.4. The van der Waals surface area contributed by atoms with Gasteiger partial charge in [0.05, 0.1) is 13.2 Å². The molecular formula is C29H46O6. The van der Waals surface area contributed by atoms with Crippen molar-refractivity contribution in [3.8, 4) is 0 Å². The second-order valence-corrected chi connectivity index (χ2v) is 10.7. The molecule has 0 aromatic carbocycles. The summed E-state index contributed by atoms with van der Waals surface area (Å²) >= 11 is 0. The summed E-state index contributed by atoms with van der Waals surface area (Å²) in [6, 6.07) is 0. The maximum atomic E-state index is 11.7. The SMILES string of the molecule is COC(=O)C=C1C[C@@H]2C[C@@H](OC3CCCCO3)[C@H](C=CCCCCCCOC3CCCCO3)[C@@H]2C1. The lowest BCUT2D eigenvalue weighted by atomic mass is 9.90. The largest absolute Gasteiger partial charge is 0.466 e. The first-order valence-corrected chi connectivity index (χ1v) is 14.2. The normalized spacial score (nSPS) is 34.5. The van der Waals surface area contributed by atoms with E-state index in [2.05, 4.69) is 12.2 Å². The van der Waals surface area contributed by atoms with Crippen molar-refractivity contribution in [1.29, 1.82) is 0 Å². The zero-order valence-electron chi connectivity index (χ0n) is 21.7. The van der Waals surface area contributed by atoms with Gasteiger partial charge in [0.25, 0.3) is 0 Å². The fourth-order valence-corrected chi connectivity index (χ4v) is 6.28. The molecule has 0 bridgehead atoms. The van der Waals surface area contributed by atoms with Crippen molar-refractivity contribution in [2.45, 2.75) is 109 Å². The van der Waals surface area contributed by atoms with Gasteiger partial charge in [0.15, 0.2) is 12.6 Å². The zero-order chi connectivity index (χ0) is 24.3. The topological polar surface area (TPSA) is 63.2 Å². The van der Waals surface area contributed by atoms with Crippen LogP contribution >= 0.6 is 0 Å². The van der Waals surface area contributed by atoms with E-state index in [1.807, 2.05) is 0 Å². The van der Waals surface area contributed by atoms with Crippen molar-refractivity contribution in [1.82, 2.24) is 0 Å². The molecule has 0 aromatic heterocycles. The third-order valence-corrected chi connectivity index (χ3v) is 8.14. The number of rotatable bonds is 12. The van der Waals surface area contributed by atoms with Gasteiger partial charge in [0, 0.05) is 31.8 Å². The minimum absolute atomic E-state index is 0.0367. The Kier molecular flexibility index (Phi) is 11.1. The Bertz CT molecular complexity index is 691. The zero-order valence-corrected chi connectivity index (χ0v) is 21.7. The molecule has 0 spiro atoms. The predicted octanol–water partition coefficient (Wildman–Crippen LogP) is 6.09. The van der Waals surface area contributed by atoms with Crippen LogP contribution in [0.15, 0.2) is 23.8 Å². The predicted molar refractivity (Wildman–Crippen MR) is 135 cm³/mol. The van der Waals surface area contributed by atoms with Crippen LogP contribution in [-0.4, -0.2) is 51.6 Å². The third kappa shape index (κ3) is 8.41. The number of hydrogen-bond donors (Lipinski definition) is 0. The second-order valence-electron chi connectivity index (χ2n) is 10.7. The number of methoxy groups -OCH3 is 1. The minimum Gasteiger partial charge on any atom is -0.466 e. The van der Waals surface area contributed by atoms with Crippen molar-refractivity contribution in [3.63, 3.8) is 0 Å². The summed E-state index contributed by atoms with van der Waals surface area (Å²) in [7, 11) is 1.45. The van der Waals surface area contributed by atoms with Gasteiger partial charge in [0.1, 0.15) is 0 Å². The Hall–Kier alpha value is -1.21. The van der Waals surface area contributed by atoms with Gasteiger partial charge >= 0.3 is 5.97 Å². The molecular weight excluding hydrogens is 444 g/mol. The van der Waals surface area contributed by atoms with Crippen LogP contribution < -0.4 is 0 Å². The second kappa shape index (κ2) is 14.5. The van der Waals surface area contributed by atoms with E-state index < -0.39 is 0 Å². The average Bonchev–Trinajstić information content (AvgIpc) is 3.41. The van der Waals surface area contributed by atoms with Crippen LogP contribution in [-0.2, 0) is 28.5 Å². The Balaban J connectivity index is 1.20. The highest BCUT2D eigenvalue weighted by molar-refractivity contribution is 5.82. The van der Waals surface area contributed by atoms with Gasteiger partial charge in [0.2, 0.25) is 0 Å². The molecule has 0 N–H and O–H groups in total. The summed E-state index contributed by atoms with van der Waals surface area (Å²) in [5.41, 5.74) is 1.23. The lowest BCUT2D eigenvalue weighted by Crippen LogP contribution is -2.30. The number of unbranched alkanes of at least 4 members (excludes halogenated alkanes) is 4. The van der Waals surface area contributed by atoms with E-state index in [1.165, 1.54) is 51.2 Å². The van der Waals surface area contributed by atoms with Gasteiger partial charge < -0.3 is 23.7 Å². The fourth-order valence-electron chi connectivity index (χ4n) is 6.28. The van der Waals surface area contributed by atoms with E-state index in [1.54, 1.807) is 6.08 Å². The van der Waals surface area contributed by atoms with Gasteiger partial charge in [-0.3, -0.25) is 0 Å². The molecule has 35 heavy (non-hydrogen) atoms. The van der Waals surface area contributed by atoms with Crippen LogP contribution in [0.3, 0.4) is 0 Å². The number of esters is 1. The van der Waals surface area contributed by atoms with Gasteiger partial charge in [-0.25, -0.2) is 4.79 Å². The molecule has 2 heterocycles. The summed E-state index contributed by atoms with van der Waals surface area (Å²) in [6.45, 7) is 2.48. The summed E-state index contributed by atoms with van der Waals surface area (Å²) < 4.78 is 28.7. The molecule has 2 saturated carbocycles. The monoisotopic (exact) mass is 490 g/mol. The molecule has 6 heteroatoms. The molecule has 0 amide bonds. The molecule has 6 atom stereocenters. The van der Waals surface area contributed by atoms with Crippen LogP contribution in [0.25, 0.3) is 0 Å². The number of fused-ring (bicyclic) bond motifs is 1. The van der Waals surface area contributed by atoms with E-state index in [0.29, 0.717) is 17.8 Å². The summed E-state index contributed by atoms with van der Waals surface area (Å²) in [5.74, 6) is 1.31. The molecule has 2 saturated heterocycles. The van der Waals surface area contributed by atoms with Crippen LogP contribution in [0.5, 0.6) is 0 Å². The van der Waals surface area contributed by atoms with E-state index >= 15 is 0 Å². The molecule has 4 rings (SSSR count). The first-order valence-electron chi connectivity index (χ1n) is 14.2. The molecule has 2 aliphatic carbocycles. The van der Waals surface area contributed by atoms with Crippen molar-refractivity contribution in [2.24, 2.45) is 17.8 Å². The van der Waals surface area contributed by atoms with Gasteiger partial charge in [-0.1, -0.05) is 30.6 Å². The van der Waals surface area contributed by atoms with E-state index in [-0.39, 0.29) is 24.7 Å². The fraction of sp³-hybridized carbons (Fsp3) is 0.828. The lowest BCUT2D eigenvalue weighted by Gasteiger charge is -2.29. The van der Waals surface area contributed by atoms with Crippen molar-refractivity contribution < 1.29 is 28.5 Å². The number of allylic oxidation sites excluding steroid dienone is 2. The van der Waals surface area contributed by atoms with E-state index in [4.69, 9.17) is 23.7 Å². The first-order chi connectivity index (χ1) is 17.2. The molecule has 6 nitrogen and oxygen atoms in total. The van der Waals surface area contributed by atoms with E-state index in [0.717, 1.165) is 71.2 Å². The number of carbonyl (C=O) groups excluding carboxylic acids is 1. The number of hydrogen-bond acceptors (Lipinski definition) is 6.